The Balaban J connectivity index is 1.61. The van der Waals surface area contributed by atoms with Crippen LogP contribution in [0.1, 0.15) is 40.9 Å². The number of carbonyl (C=O) groups is 1. The van der Waals surface area contributed by atoms with E-state index >= 15 is 0 Å². The van der Waals surface area contributed by atoms with Gasteiger partial charge in [-0.05, 0) is 37.0 Å². The predicted molar refractivity (Wildman–Crippen MR) is 117 cm³/mol. The fourth-order valence-electron chi connectivity index (χ4n) is 4.54. The molecule has 1 fully saturated rings. The zero-order valence-electron chi connectivity index (χ0n) is 18.7. The van der Waals surface area contributed by atoms with Crippen LogP contribution in [0.2, 0.25) is 0 Å². The summed E-state index contributed by atoms with van der Waals surface area (Å²) < 4.78 is 16.4. The third-order valence-corrected chi connectivity index (χ3v) is 6.44. The lowest BCUT2D eigenvalue weighted by atomic mass is 9.82. The number of nitrogens with zero attached hydrogens (tertiary/aromatic N) is 3. The molecule has 1 aliphatic heterocycles. The molecule has 0 unspecified atom stereocenters. The largest absolute Gasteiger partial charge is 0.493 e. The number of Topliss-reactive ketones (excluding diaryl/α,β-unsaturated/α-hetero) is 1. The van der Waals surface area contributed by atoms with Crippen molar-refractivity contribution in [2.75, 3.05) is 59.0 Å². The minimum Gasteiger partial charge on any atom is -0.493 e. The van der Waals surface area contributed by atoms with Gasteiger partial charge in [-0.1, -0.05) is 0 Å². The van der Waals surface area contributed by atoms with Gasteiger partial charge in [-0.25, -0.2) is 9.97 Å². The van der Waals surface area contributed by atoms with Crippen LogP contribution in [0.4, 0.5) is 5.95 Å². The minimum absolute atomic E-state index is 0.00200. The second-order valence-electron chi connectivity index (χ2n) is 8.11. The van der Waals surface area contributed by atoms with Crippen molar-refractivity contribution in [1.29, 1.82) is 0 Å². The number of hydrogen-bond donors (Lipinski definition) is 1. The van der Waals surface area contributed by atoms with Crippen molar-refractivity contribution in [2.45, 2.75) is 25.7 Å². The topological polar surface area (TPSA) is 78.2 Å². The Morgan fingerprint density at radius 1 is 1.06 bits per heavy atom. The molecule has 8 heteroatoms. The molecule has 0 radical (unpaired) electrons. The summed E-state index contributed by atoms with van der Waals surface area (Å²) in [5.74, 6) is 2.54. The van der Waals surface area contributed by atoms with E-state index in [2.05, 4.69) is 16.8 Å². The van der Waals surface area contributed by atoms with Gasteiger partial charge in [0.15, 0.2) is 17.3 Å². The van der Waals surface area contributed by atoms with E-state index in [1.54, 1.807) is 32.4 Å². The van der Waals surface area contributed by atoms with Gasteiger partial charge in [-0.15, -0.1) is 0 Å². The molecule has 0 spiro atoms. The molecule has 31 heavy (non-hydrogen) atoms. The number of anilines is 1. The van der Waals surface area contributed by atoms with Gasteiger partial charge in [0.2, 0.25) is 11.7 Å². The van der Waals surface area contributed by atoms with E-state index in [-0.39, 0.29) is 11.7 Å². The molecule has 1 atom stereocenters. The number of aromatic nitrogens is 2. The van der Waals surface area contributed by atoms with Crippen LogP contribution < -0.4 is 24.0 Å². The fraction of sp³-hybridized carbons (Fsp3) is 0.522. The molecule has 0 saturated carbocycles. The van der Waals surface area contributed by atoms with Crippen LogP contribution in [0, 0.1) is 0 Å². The van der Waals surface area contributed by atoms with Gasteiger partial charge in [0.1, 0.15) is 0 Å². The van der Waals surface area contributed by atoms with Crippen molar-refractivity contribution in [3.05, 3.63) is 35.2 Å². The molecule has 2 aliphatic rings. The number of carbonyl (C=O) groups excluding carboxylic acids is 1. The predicted octanol–water partition coefficient (Wildman–Crippen LogP) is 1.14. The number of ether oxygens (including phenoxy) is 3. The summed E-state index contributed by atoms with van der Waals surface area (Å²) in [5.41, 5.74) is 2.45. The lowest BCUT2D eigenvalue weighted by molar-refractivity contribution is -0.898. The quantitative estimate of drug-likeness (QED) is 0.741. The van der Waals surface area contributed by atoms with Crippen LogP contribution >= 0.6 is 0 Å². The summed E-state index contributed by atoms with van der Waals surface area (Å²) in [7, 11) is 4.78. The second kappa shape index (κ2) is 9.09. The molecule has 1 aromatic heterocycles. The highest BCUT2D eigenvalue weighted by molar-refractivity contribution is 5.98. The zero-order chi connectivity index (χ0) is 22.0. The van der Waals surface area contributed by atoms with Crippen LogP contribution in [0.5, 0.6) is 17.2 Å². The molecule has 1 N–H and O–H groups in total. The first-order chi connectivity index (χ1) is 15.1. The van der Waals surface area contributed by atoms with E-state index in [0.717, 1.165) is 49.9 Å². The number of benzene rings is 1. The molecule has 2 aromatic rings. The van der Waals surface area contributed by atoms with Crippen molar-refractivity contribution in [3.8, 4) is 17.2 Å². The van der Waals surface area contributed by atoms with Gasteiger partial charge in [0, 0.05) is 12.6 Å². The standard InChI is InChI=1S/C23H30N4O4/c1-5-26-6-8-27(9-7-26)23-24-14-17-18(25-23)10-15(11-19(17)28)16-12-20(29-2)22(31-4)21(13-16)30-3/h12-15H,5-11H2,1-4H3/p+1/t15-/m0/s1. The fourth-order valence-corrected chi connectivity index (χ4v) is 4.54. The van der Waals surface area contributed by atoms with Crippen molar-refractivity contribution < 1.29 is 23.9 Å². The SMILES string of the molecule is CC[NH+]1CCN(c2ncc3c(n2)C[C@H](c2cc(OC)c(OC)c(OC)c2)CC3=O)CC1. The summed E-state index contributed by atoms with van der Waals surface area (Å²) in [6.45, 7) is 7.41. The Morgan fingerprint density at radius 2 is 1.74 bits per heavy atom. The summed E-state index contributed by atoms with van der Waals surface area (Å²) >= 11 is 0. The first-order valence-electron chi connectivity index (χ1n) is 10.8. The molecule has 1 aromatic carbocycles. The third kappa shape index (κ3) is 4.17. The smallest absolute Gasteiger partial charge is 0.225 e. The molecule has 4 rings (SSSR count). The van der Waals surface area contributed by atoms with Gasteiger partial charge in [-0.3, -0.25) is 4.79 Å². The maximum atomic E-state index is 12.9. The number of rotatable bonds is 6. The van der Waals surface area contributed by atoms with E-state index in [9.17, 15) is 4.79 Å². The van der Waals surface area contributed by atoms with Crippen LogP contribution in [0.3, 0.4) is 0 Å². The van der Waals surface area contributed by atoms with Gasteiger partial charge in [0.05, 0.1) is 65.3 Å². The van der Waals surface area contributed by atoms with Crippen LogP contribution in [0.25, 0.3) is 0 Å². The van der Waals surface area contributed by atoms with E-state index in [1.807, 2.05) is 12.1 Å². The number of likely N-dealkylation sites (N-methyl/N-ethyl adjacent to an activating group) is 1. The molecule has 166 valence electrons. The summed E-state index contributed by atoms with van der Waals surface area (Å²) in [6, 6.07) is 3.86. The third-order valence-electron chi connectivity index (χ3n) is 6.44. The van der Waals surface area contributed by atoms with E-state index in [4.69, 9.17) is 19.2 Å². The van der Waals surface area contributed by atoms with Crippen LogP contribution in [-0.4, -0.2) is 69.8 Å². The second-order valence-corrected chi connectivity index (χ2v) is 8.11. The van der Waals surface area contributed by atoms with Gasteiger partial charge in [0.25, 0.3) is 0 Å². The molecular formula is C23H31N4O4+. The van der Waals surface area contributed by atoms with E-state index < -0.39 is 0 Å². The maximum absolute atomic E-state index is 12.9. The Morgan fingerprint density at radius 3 is 2.32 bits per heavy atom. The summed E-state index contributed by atoms with van der Waals surface area (Å²) in [4.78, 5) is 26.1. The van der Waals surface area contributed by atoms with Crippen molar-refractivity contribution in [2.24, 2.45) is 0 Å². The lowest BCUT2D eigenvalue weighted by Gasteiger charge is -2.32. The highest BCUT2D eigenvalue weighted by atomic mass is 16.5. The van der Waals surface area contributed by atoms with Crippen molar-refractivity contribution in [3.63, 3.8) is 0 Å². The molecule has 2 heterocycles. The molecule has 1 aliphatic carbocycles. The molecule has 0 bridgehead atoms. The highest BCUT2D eigenvalue weighted by Gasteiger charge is 2.31. The number of methoxy groups -OCH3 is 3. The van der Waals surface area contributed by atoms with Crippen molar-refractivity contribution >= 4 is 11.7 Å². The molecular weight excluding hydrogens is 396 g/mol. The van der Waals surface area contributed by atoms with Crippen LogP contribution in [-0.2, 0) is 6.42 Å². The lowest BCUT2D eigenvalue weighted by Crippen LogP contribution is -3.14. The first-order valence-corrected chi connectivity index (χ1v) is 10.8. The molecule has 0 amide bonds. The number of ketones is 1. The van der Waals surface area contributed by atoms with E-state index in [1.165, 1.54) is 0 Å². The summed E-state index contributed by atoms with van der Waals surface area (Å²) in [5, 5.41) is 0. The van der Waals surface area contributed by atoms with Crippen LogP contribution in [0.15, 0.2) is 18.3 Å². The average molecular weight is 428 g/mol. The normalized spacial score (nSPS) is 19.2. The van der Waals surface area contributed by atoms with Crippen molar-refractivity contribution in [1.82, 2.24) is 9.97 Å². The Labute approximate surface area is 183 Å². The highest BCUT2D eigenvalue weighted by Crippen LogP contribution is 2.42. The first kappa shape index (κ1) is 21.4. The Kier molecular flexibility index (Phi) is 6.27. The molecule has 1 saturated heterocycles. The number of hydrogen-bond acceptors (Lipinski definition) is 7. The monoisotopic (exact) mass is 427 g/mol. The van der Waals surface area contributed by atoms with Gasteiger partial charge in [-0.2, -0.15) is 0 Å². The average Bonchev–Trinajstić information content (AvgIpc) is 2.82. The zero-order valence-corrected chi connectivity index (χ0v) is 18.7. The maximum Gasteiger partial charge on any atom is 0.225 e. The Bertz CT molecular complexity index is 932. The Hall–Kier alpha value is -2.87. The number of nitrogens with one attached hydrogen (secondary N) is 1. The number of piperazine rings is 1. The number of fused-ring (bicyclic) bond motifs is 1. The van der Waals surface area contributed by atoms with E-state index in [0.29, 0.717) is 35.7 Å². The molecule has 8 nitrogen and oxygen atoms in total. The summed E-state index contributed by atoms with van der Waals surface area (Å²) in [6.07, 6.45) is 2.80. The van der Waals surface area contributed by atoms with Gasteiger partial charge < -0.3 is 24.0 Å². The minimum atomic E-state index is -0.00200. The number of quaternary nitrogens is 1. The van der Waals surface area contributed by atoms with Gasteiger partial charge >= 0.3 is 0 Å².